The molecule has 0 saturated heterocycles. The first kappa shape index (κ1) is 12.4. The Kier molecular flexibility index (Phi) is 3.47. The van der Waals surface area contributed by atoms with Crippen molar-refractivity contribution >= 4 is 6.29 Å². The van der Waals surface area contributed by atoms with Gasteiger partial charge in [-0.3, -0.25) is 4.79 Å². The van der Waals surface area contributed by atoms with Gasteiger partial charge in [0.05, 0.1) is 7.11 Å². The van der Waals surface area contributed by atoms with Crippen LogP contribution >= 0.6 is 0 Å². The summed E-state index contributed by atoms with van der Waals surface area (Å²) in [5, 5.41) is 0. The monoisotopic (exact) mass is 240 g/mol. The molecule has 2 rings (SSSR count). The van der Waals surface area contributed by atoms with E-state index in [1.54, 1.807) is 7.11 Å². The van der Waals surface area contributed by atoms with E-state index in [0.29, 0.717) is 5.56 Å². The largest absolute Gasteiger partial charge is 0.496 e. The number of ether oxygens (including phenoxy) is 1. The average Bonchev–Trinajstić information content (AvgIpc) is 2.41. The van der Waals surface area contributed by atoms with Crippen molar-refractivity contribution in [1.82, 2.24) is 0 Å². The van der Waals surface area contributed by atoms with Crippen LogP contribution in [0, 0.1) is 13.8 Å². The third kappa shape index (κ3) is 2.28. The van der Waals surface area contributed by atoms with Gasteiger partial charge in [0.25, 0.3) is 0 Å². The molecule has 0 aliphatic carbocycles. The fourth-order valence-electron chi connectivity index (χ4n) is 2.06. The highest BCUT2D eigenvalue weighted by atomic mass is 16.5. The van der Waals surface area contributed by atoms with Crippen LogP contribution in [0.15, 0.2) is 36.4 Å². The average molecular weight is 240 g/mol. The van der Waals surface area contributed by atoms with Gasteiger partial charge in [-0.25, -0.2) is 0 Å². The van der Waals surface area contributed by atoms with Crippen LogP contribution in [0.25, 0.3) is 11.1 Å². The Morgan fingerprint density at radius 3 is 2.22 bits per heavy atom. The van der Waals surface area contributed by atoms with Crippen LogP contribution in [0.1, 0.15) is 21.5 Å². The third-order valence-electron chi connectivity index (χ3n) is 3.10. The lowest BCUT2D eigenvalue weighted by Gasteiger charge is -2.11. The van der Waals surface area contributed by atoms with E-state index in [1.807, 2.05) is 37.3 Å². The molecule has 0 fully saturated rings. The predicted octanol–water partition coefficient (Wildman–Crippen LogP) is 3.79. The number of aryl methyl sites for hydroxylation is 2. The van der Waals surface area contributed by atoms with Gasteiger partial charge in [0.1, 0.15) is 12.0 Å². The molecule has 2 heteroatoms. The van der Waals surface area contributed by atoms with Crippen molar-refractivity contribution in [2.24, 2.45) is 0 Å². The second-order valence-corrected chi connectivity index (χ2v) is 4.38. The van der Waals surface area contributed by atoms with Crippen LogP contribution in [0.2, 0.25) is 0 Å². The second kappa shape index (κ2) is 5.05. The minimum Gasteiger partial charge on any atom is -0.496 e. The first-order valence-corrected chi connectivity index (χ1v) is 5.86. The van der Waals surface area contributed by atoms with E-state index in [2.05, 4.69) is 13.0 Å². The maximum absolute atomic E-state index is 10.6. The van der Waals surface area contributed by atoms with E-state index in [1.165, 1.54) is 5.56 Å². The quantitative estimate of drug-likeness (QED) is 0.763. The Morgan fingerprint density at radius 1 is 1.00 bits per heavy atom. The van der Waals surface area contributed by atoms with Crippen molar-refractivity contribution in [3.05, 3.63) is 53.1 Å². The van der Waals surface area contributed by atoms with Crippen molar-refractivity contribution < 1.29 is 9.53 Å². The smallest absolute Gasteiger partial charge is 0.150 e. The molecule has 2 aromatic rings. The molecule has 18 heavy (non-hydrogen) atoms. The number of carbonyl (C=O) groups excluding carboxylic acids is 1. The molecule has 0 amide bonds. The van der Waals surface area contributed by atoms with Gasteiger partial charge in [0, 0.05) is 5.56 Å². The molecule has 2 nitrogen and oxygen atoms in total. The predicted molar refractivity (Wildman–Crippen MR) is 73.3 cm³/mol. The molecule has 0 aromatic heterocycles. The summed E-state index contributed by atoms with van der Waals surface area (Å²) in [6, 6.07) is 11.8. The Labute approximate surface area is 107 Å². The van der Waals surface area contributed by atoms with Gasteiger partial charge in [-0.2, -0.15) is 0 Å². The second-order valence-electron chi connectivity index (χ2n) is 4.38. The summed E-state index contributed by atoms with van der Waals surface area (Å²) >= 11 is 0. The minimum absolute atomic E-state index is 0.696. The summed E-state index contributed by atoms with van der Waals surface area (Å²) < 4.78 is 5.31. The summed E-state index contributed by atoms with van der Waals surface area (Å²) in [6.07, 6.45) is 0.857. The first-order chi connectivity index (χ1) is 8.65. The molecular weight excluding hydrogens is 224 g/mol. The van der Waals surface area contributed by atoms with Gasteiger partial charge in [0.15, 0.2) is 0 Å². The number of methoxy groups -OCH3 is 1. The van der Waals surface area contributed by atoms with E-state index in [-0.39, 0.29) is 0 Å². The molecule has 0 unspecified atom stereocenters. The first-order valence-electron chi connectivity index (χ1n) is 5.86. The van der Waals surface area contributed by atoms with Crippen molar-refractivity contribution in [1.29, 1.82) is 0 Å². The zero-order valence-electron chi connectivity index (χ0n) is 10.9. The zero-order chi connectivity index (χ0) is 13.1. The molecule has 0 saturated carbocycles. The van der Waals surface area contributed by atoms with Crippen molar-refractivity contribution in [2.75, 3.05) is 7.11 Å². The van der Waals surface area contributed by atoms with E-state index in [0.717, 1.165) is 28.7 Å². The fraction of sp³-hybridized carbons (Fsp3) is 0.188. The number of hydrogen-bond acceptors (Lipinski definition) is 2. The molecule has 0 aliphatic heterocycles. The van der Waals surface area contributed by atoms with Gasteiger partial charge in [-0.1, -0.05) is 24.3 Å². The summed E-state index contributed by atoms with van der Waals surface area (Å²) in [5.74, 6) is 0.903. The molecule has 0 N–H and O–H groups in total. The summed E-state index contributed by atoms with van der Waals surface area (Å²) in [6.45, 7) is 4.09. The van der Waals surface area contributed by atoms with E-state index in [9.17, 15) is 4.79 Å². The molecule has 0 spiro atoms. The number of rotatable bonds is 3. The minimum atomic E-state index is 0.696. The maximum atomic E-state index is 10.6. The number of hydrogen-bond donors (Lipinski definition) is 0. The molecule has 0 heterocycles. The van der Waals surface area contributed by atoms with Gasteiger partial charge >= 0.3 is 0 Å². The van der Waals surface area contributed by atoms with Gasteiger partial charge in [0.2, 0.25) is 0 Å². The molecule has 0 radical (unpaired) electrons. The van der Waals surface area contributed by atoms with Crippen LogP contribution in [-0.4, -0.2) is 13.4 Å². The van der Waals surface area contributed by atoms with Crippen LogP contribution in [0.4, 0.5) is 0 Å². The maximum Gasteiger partial charge on any atom is 0.150 e. The molecule has 2 aromatic carbocycles. The third-order valence-corrected chi connectivity index (χ3v) is 3.10. The van der Waals surface area contributed by atoms with Gasteiger partial charge < -0.3 is 4.74 Å². The normalized spacial score (nSPS) is 10.2. The standard InChI is InChI=1S/C16H16O2/c1-11-9-16(18-3)12(2)8-15(11)14-6-4-13(10-17)5-7-14/h4-10H,1-3H3. The van der Waals surface area contributed by atoms with E-state index < -0.39 is 0 Å². The Balaban J connectivity index is 2.49. The van der Waals surface area contributed by atoms with Gasteiger partial charge in [-0.05, 0) is 48.2 Å². The summed E-state index contributed by atoms with van der Waals surface area (Å²) in [4.78, 5) is 10.6. The Morgan fingerprint density at radius 2 is 1.67 bits per heavy atom. The summed E-state index contributed by atoms with van der Waals surface area (Å²) in [7, 11) is 1.68. The highest BCUT2D eigenvalue weighted by Gasteiger charge is 2.06. The van der Waals surface area contributed by atoms with Crippen LogP contribution in [0.5, 0.6) is 5.75 Å². The molecular formula is C16H16O2. The van der Waals surface area contributed by atoms with Gasteiger partial charge in [-0.15, -0.1) is 0 Å². The van der Waals surface area contributed by atoms with E-state index >= 15 is 0 Å². The molecule has 0 atom stereocenters. The van der Waals surface area contributed by atoms with Crippen molar-refractivity contribution in [3.63, 3.8) is 0 Å². The molecule has 0 bridgehead atoms. The lowest BCUT2D eigenvalue weighted by atomic mass is 9.97. The summed E-state index contributed by atoms with van der Waals surface area (Å²) in [5.41, 5.74) is 5.25. The highest BCUT2D eigenvalue weighted by Crippen LogP contribution is 2.30. The fourth-order valence-corrected chi connectivity index (χ4v) is 2.06. The van der Waals surface area contributed by atoms with Crippen LogP contribution in [-0.2, 0) is 0 Å². The SMILES string of the molecule is COc1cc(C)c(-c2ccc(C=O)cc2)cc1C. The highest BCUT2D eigenvalue weighted by molar-refractivity contribution is 5.77. The zero-order valence-corrected chi connectivity index (χ0v) is 10.9. The topological polar surface area (TPSA) is 26.3 Å². The molecule has 0 aliphatic rings. The lowest BCUT2D eigenvalue weighted by molar-refractivity contribution is 0.112. The molecule has 92 valence electrons. The van der Waals surface area contributed by atoms with Crippen LogP contribution < -0.4 is 4.74 Å². The number of carbonyl (C=O) groups is 1. The number of aldehydes is 1. The lowest BCUT2D eigenvalue weighted by Crippen LogP contribution is -1.91. The Bertz CT molecular complexity index is 568. The van der Waals surface area contributed by atoms with E-state index in [4.69, 9.17) is 4.74 Å². The van der Waals surface area contributed by atoms with Crippen molar-refractivity contribution in [2.45, 2.75) is 13.8 Å². The van der Waals surface area contributed by atoms with Crippen molar-refractivity contribution in [3.8, 4) is 16.9 Å². The Hall–Kier alpha value is -2.09. The number of benzene rings is 2. The van der Waals surface area contributed by atoms with Crippen LogP contribution in [0.3, 0.4) is 0 Å².